The van der Waals surface area contributed by atoms with Gasteiger partial charge in [-0.3, -0.25) is 4.79 Å². The summed E-state index contributed by atoms with van der Waals surface area (Å²) >= 11 is 1.85. The summed E-state index contributed by atoms with van der Waals surface area (Å²) in [7, 11) is 1.57. The molecule has 1 amide bonds. The number of amides is 1. The molecule has 1 aliphatic heterocycles. The molecule has 0 aliphatic carbocycles. The molecule has 0 saturated carbocycles. The molecule has 1 heterocycles. The monoisotopic (exact) mass is 310 g/mol. The number of methoxy groups -OCH3 is 1. The lowest BCUT2D eigenvalue weighted by atomic mass is 10.2. The maximum Gasteiger partial charge on any atom is 0.225 e. The zero-order valence-corrected chi connectivity index (χ0v) is 13.1. The third-order valence-electron chi connectivity index (χ3n) is 3.35. The number of ether oxygens (including phenoxy) is 2. The molecule has 0 aromatic heterocycles. The van der Waals surface area contributed by atoms with Crippen molar-refractivity contribution >= 4 is 29.0 Å². The van der Waals surface area contributed by atoms with Crippen molar-refractivity contribution in [3.63, 3.8) is 0 Å². The molecule has 1 fully saturated rings. The third-order valence-corrected chi connectivity index (χ3v) is 4.73. The lowest BCUT2D eigenvalue weighted by Gasteiger charge is -2.21. The first-order valence-corrected chi connectivity index (χ1v) is 8.16. The van der Waals surface area contributed by atoms with Crippen LogP contribution >= 0.6 is 11.8 Å². The zero-order chi connectivity index (χ0) is 15.1. The molecule has 0 unspecified atom stereocenters. The number of hydrogen-bond acceptors (Lipinski definition) is 5. The van der Waals surface area contributed by atoms with Gasteiger partial charge in [0.15, 0.2) is 0 Å². The Labute approximate surface area is 129 Å². The van der Waals surface area contributed by atoms with Crippen molar-refractivity contribution < 1.29 is 14.3 Å². The largest absolute Gasteiger partial charge is 0.495 e. The van der Waals surface area contributed by atoms with Crippen molar-refractivity contribution in [1.29, 1.82) is 0 Å². The molecule has 0 bridgehead atoms. The number of hydrogen-bond donors (Lipinski definition) is 2. The second kappa shape index (κ2) is 8.14. The molecule has 0 radical (unpaired) electrons. The van der Waals surface area contributed by atoms with E-state index in [0.717, 1.165) is 31.8 Å². The number of carbonyl (C=O) groups is 1. The Morgan fingerprint density at radius 2 is 2.24 bits per heavy atom. The summed E-state index contributed by atoms with van der Waals surface area (Å²) < 4.78 is 10.5. The van der Waals surface area contributed by atoms with E-state index in [0.29, 0.717) is 28.8 Å². The van der Waals surface area contributed by atoms with E-state index >= 15 is 0 Å². The van der Waals surface area contributed by atoms with Crippen LogP contribution in [0, 0.1) is 0 Å². The Hall–Kier alpha value is -1.40. The average molecular weight is 310 g/mol. The fourth-order valence-electron chi connectivity index (χ4n) is 2.20. The van der Waals surface area contributed by atoms with Gasteiger partial charge in [0.05, 0.1) is 12.8 Å². The SMILES string of the molecule is COc1ccc(N)cc1NC(=O)CCSC1CCOCC1. The van der Waals surface area contributed by atoms with E-state index in [1.807, 2.05) is 11.8 Å². The van der Waals surface area contributed by atoms with Gasteiger partial charge in [-0.25, -0.2) is 0 Å². The molecule has 5 nitrogen and oxygen atoms in total. The fraction of sp³-hybridized carbons (Fsp3) is 0.533. The fourth-order valence-corrected chi connectivity index (χ4v) is 3.36. The van der Waals surface area contributed by atoms with Crippen molar-refractivity contribution in [2.24, 2.45) is 0 Å². The molecular formula is C15H22N2O3S. The summed E-state index contributed by atoms with van der Waals surface area (Å²) in [5.41, 5.74) is 6.96. The minimum Gasteiger partial charge on any atom is -0.495 e. The Bertz CT molecular complexity index is 476. The highest BCUT2D eigenvalue weighted by atomic mass is 32.2. The van der Waals surface area contributed by atoms with Gasteiger partial charge in [-0.1, -0.05) is 0 Å². The molecule has 6 heteroatoms. The van der Waals surface area contributed by atoms with Crippen LogP contribution < -0.4 is 15.8 Å². The van der Waals surface area contributed by atoms with E-state index in [1.54, 1.807) is 25.3 Å². The van der Waals surface area contributed by atoms with E-state index in [2.05, 4.69) is 5.32 Å². The second-order valence-electron chi connectivity index (χ2n) is 4.94. The first kappa shape index (κ1) is 16.0. The molecule has 116 valence electrons. The van der Waals surface area contributed by atoms with Crippen LogP contribution in [-0.4, -0.2) is 37.2 Å². The Kier molecular flexibility index (Phi) is 6.20. The number of nitrogen functional groups attached to an aromatic ring is 1. The van der Waals surface area contributed by atoms with Crippen molar-refractivity contribution in [2.75, 3.05) is 37.1 Å². The molecular weight excluding hydrogens is 288 g/mol. The lowest BCUT2D eigenvalue weighted by molar-refractivity contribution is -0.115. The lowest BCUT2D eigenvalue weighted by Crippen LogP contribution is -2.19. The molecule has 2 rings (SSSR count). The van der Waals surface area contributed by atoms with Crippen LogP contribution in [0.3, 0.4) is 0 Å². The van der Waals surface area contributed by atoms with Crippen molar-refractivity contribution in [1.82, 2.24) is 0 Å². The Balaban J connectivity index is 1.77. The molecule has 1 aromatic carbocycles. The predicted octanol–water partition coefficient (Wildman–Crippen LogP) is 2.52. The first-order chi connectivity index (χ1) is 10.2. The van der Waals surface area contributed by atoms with E-state index in [1.165, 1.54) is 0 Å². The zero-order valence-electron chi connectivity index (χ0n) is 12.3. The Morgan fingerprint density at radius 1 is 1.48 bits per heavy atom. The summed E-state index contributed by atoms with van der Waals surface area (Å²) in [6, 6.07) is 5.21. The number of benzene rings is 1. The van der Waals surface area contributed by atoms with Crippen LogP contribution in [0.15, 0.2) is 18.2 Å². The topological polar surface area (TPSA) is 73.6 Å². The summed E-state index contributed by atoms with van der Waals surface area (Å²) in [5.74, 6) is 1.43. The molecule has 21 heavy (non-hydrogen) atoms. The molecule has 1 saturated heterocycles. The maximum atomic E-state index is 12.0. The number of thioether (sulfide) groups is 1. The van der Waals surface area contributed by atoms with Crippen LogP contribution in [0.2, 0.25) is 0 Å². The molecule has 1 aliphatic rings. The summed E-state index contributed by atoms with van der Waals surface area (Å²) in [4.78, 5) is 12.0. The first-order valence-electron chi connectivity index (χ1n) is 7.11. The van der Waals surface area contributed by atoms with Gasteiger partial charge in [0.25, 0.3) is 0 Å². The molecule has 0 atom stereocenters. The van der Waals surface area contributed by atoms with Crippen molar-refractivity contribution in [3.8, 4) is 5.75 Å². The highest BCUT2D eigenvalue weighted by molar-refractivity contribution is 7.99. The highest BCUT2D eigenvalue weighted by Crippen LogP contribution is 2.27. The van der Waals surface area contributed by atoms with Crippen molar-refractivity contribution in [2.45, 2.75) is 24.5 Å². The Morgan fingerprint density at radius 3 is 2.95 bits per heavy atom. The summed E-state index contributed by atoms with van der Waals surface area (Å²) in [6.45, 7) is 1.68. The van der Waals surface area contributed by atoms with E-state index < -0.39 is 0 Å². The van der Waals surface area contributed by atoms with Gasteiger partial charge in [0, 0.05) is 36.3 Å². The predicted molar refractivity (Wildman–Crippen MR) is 87.0 cm³/mol. The van der Waals surface area contributed by atoms with Gasteiger partial charge in [0.2, 0.25) is 5.91 Å². The van der Waals surface area contributed by atoms with E-state index in [-0.39, 0.29) is 5.91 Å². The highest BCUT2D eigenvalue weighted by Gasteiger charge is 2.15. The van der Waals surface area contributed by atoms with Gasteiger partial charge in [-0.05, 0) is 31.0 Å². The third kappa shape index (κ3) is 5.13. The second-order valence-corrected chi connectivity index (χ2v) is 6.35. The van der Waals surface area contributed by atoms with E-state index in [4.69, 9.17) is 15.2 Å². The van der Waals surface area contributed by atoms with Gasteiger partial charge in [-0.15, -0.1) is 0 Å². The number of rotatable bonds is 6. The standard InChI is InChI=1S/C15H22N2O3S/c1-19-14-3-2-11(16)10-13(14)17-15(18)6-9-21-12-4-7-20-8-5-12/h2-3,10,12H,4-9,16H2,1H3,(H,17,18). The van der Waals surface area contributed by atoms with Gasteiger partial charge in [0.1, 0.15) is 5.75 Å². The normalized spacial score (nSPS) is 15.7. The molecule has 3 N–H and O–H groups in total. The summed E-state index contributed by atoms with van der Waals surface area (Å²) in [6.07, 6.45) is 2.64. The minimum atomic E-state index is -0.0153. The smallest absolute Gasteiger partial charge is 0.225 e. The molecule has 1 aromatic rings. The summed E-state index contributed by atoms with van der Waals surface area (Å²) in [5, 5.41) is 3.48. The number of anilines is 2. The van der Waals surface area contributed by atoms with Crippen LogP contribution in [0.5, 0.6) is 5.75 Å². The van der Waals surface area contributed by atoms with Crippen LogP contribution in [0.1, 0.15) is 19.3 Å². The van der Waals surface area contributed by atoms with Gasteiger partial charge >= 0.3 is 0 Å². The van der Waals surface area contributed by atoms with Gasteiger partial charge < -0.3 is 20.5 Å². The molecule has 0 spiro atoms. The average Bonchev–Trinajstić information content (AvgIpc) is 2.48. The van der Waals surface area contributed by atoms with Crippen LogP contribution in [0.25, 0.3) is 0 Å². The number of nitrogens with two attached hydrogens (primary N) is 1. The quantitative estimate of drug-likeness (QED) is 0.790. The van der Waals surface area contributed by atoms with E-state index in [9.17, 15) is 4.79 Å². The van der Waals surface area contributed by atoms with Crippen molar-refractivity contribution in [3.05, 3.63) is 18.2 Å². The van der Waals surface area contributed by atoms with Crippen LogP contribution in [-0.2, 0) is 9.53 Å². The maximum absolute atomic E-state index is 12.0. The minimum absolute atomic E-state index is 0.0153. The number of nitrogens with one attached hydrogen (secondary N) is 1. The van der Waals surface area contributed by atoms with Crippen LogP contribution in [0.4, 0.5) is 11.4 Å². The number of carbonyl (C=O) groups excluding carboxylic acids is 1. The van der Waals surface area contributed by atoms with Gasteiger partial charge in [-0.2, -0.15) is 11.8 Å².